The Morgan fingerprint density at radius 3 is 0.926 bits per heavy atom. The van der Waals surface area contributed by atoms with Crippen molar-refractivity contribution in [3.8, 4) is 0 Å². The van der Waals surface area contributed by atoms with E-state index in [0.29, 0.717) is 19.3 Å². The first-order valence-corrected chi connectivity index (χ1v) is 28.9. The van der Waals surface area contributed by atoms with Gasteiger partial charge in [0.15, 0.2) is 6.10 Å². The summed E-state index contributed by atoms with van der Waals surface area (Å²) < 4.78 is 16.8. The van der Waals surface area contributed by atoms with E-state index < -0.39 is 6.10 Å². The number of unbranched alkanes of at least 4 members (excludes halogenated alkanes) is 29. The van der Waals surface area contributed by atoms with Crippen molar-refractivity contribution in [1.29, 1.82) is 0 Å². The molecule has 0 aliphatic rings. The lowest BCUT2D eigenvalue weighted by molar-refractivity contribution is -0.167. The van der Waals surface area contributed by atoms with Crippen LogP contribution in [0.5, 0.6) is 0 Å². The zero-order valence-electron chi connectivity index (χ0n) is 44.9. The van der Waals surface area contributed by atoms with E-state index >= 15 is 0 Å². The fourth-order valence-corrected chi connectivity index (χ4v) is 8.01. The fourth-order valence-electron chi connectivity index (χ4n) is 8.01. The molecule has 0 aromatic heterocycles. The van der Waals surface area contributed by atoms with Crippen molar-refractivity contribution in [3.05, 3.63) is 72.9 Å². The van der Waals surface area contributed by atoms with Gasteiger partial charge in [-0.15, -0.1) is 0 Å². The van der Waals surface area contributed by atoms with Crippen LogP contribution >= 0.6 is 0 Å². The molecule has 0 aliphatic carbocycles. The second-order valence-corrected chi connectivity index (χ2v) is 19.2. The molecular formula is C62H108O6. The van der Waals surface area contributed by atoms with Gasteiger partial charge in [-0.1, -0.05) is 229 Å². The van der Waals surface area contributed by atoms with Gasteiger partial charge in [0.1, 0.15) is 13.2 Å². The van der Waals surface area contributed by atoms with Crippen molar-refractivity contribution in [1.82, 2.24) is 0 Å². The minimum absolute atomic E-state index is 0.0854. The quantitative estimate of drug-likeness (QED) is 0.0262. The summed E-state index contributed by atoms with van der Waals surface area (Å²) in [5.74, 6) is -0.907. The second-order valence-electron chi connectivity index (χ2n) is 19.2. The first-order chi connectivity index (χ1) is 33.5. The summed E-state index contributed by atoms with van der Waals surface area (Å²) >= 11 is 0. The maximum absolute atomic E-state index is 12.8. The molecule has 0 aliphatic heterocycles. The van der Waals surface area contributed by atoms with Gasteiger partial charge < -0.3 is 14.2 Å². The molecule has 392 valence electrons. The van der Waals surface area contributed by atoms with E-state index in [1.165, 1.54) is 141 Å². The van der Waals surface area contributed by atoms with Gasteiger partial charge in [-0.2, -0.15) is 0 Å². The smallest absolute Gasteiger partial charge is 0.306 e. The lowest BCUT2D eigenvalue weighted by atomic mass is 10.1. The highest BCUT2D eigenvalue weighted by molar-refractivity contribution is 5.71. The van der Waals surface area contributed by atoms with Crippen molar-refractivity contribution < 1.29 is 28.6 Å². The first kappa shape index (κ1) is 64.8. The summed E-state index contributed by atoms with van der Waals surface area (Å²) in [6.07, 6.45) is 71.8. The SMILES string of the molecule is CCC/C=C\CCCCCCCC(=O)OCC(COC(=O)CCCCCCCCCCC/C=C\C/C=C\CCCCCCC)OC(=O)CCCCCCCC/C=C\C/C=C\C/C=C\CCCCC. The van der Waals surface area contributed by atoms with Crippen molar-refractivity contribution in [2.45, 2.75) is 290 Å². The average molecular weight is 950 g/mol. The molecule has 0 rings (SSSR count). The maximum atomic E-state index is 12.8. The molecular weight excluding hydrogens is 841 g/mol. The highest BCUT2D eigenvalue weighted by atomic mass is 16.6. The fraction of sp³-hybridized carbons (Fsp3) is 0.758. The molecule has 0 aromatic carbocycles. The van der Waals surface area contributed by atoms with Crippen LogP contribution in [0.1, 0.15) is 284 Å². The normalized spacial score (nSPS) is 12.6. The number of hydrogen-bond acceptors (Lipinski definition) is 6. The average Bonchev–Trinajstić information content (AvgIpc) is 3.34. The number of ether oxygens (including phenoxy) is 3. The van der Waals surface area contributed by atoms with Crippen LogP contribution in [0.2, 0.25) is 0 Å². The summed E-state index contributed by atoms with van der Waals surface area (Å²) in [5.41, 5.74) is 0. The molecule has 0 N–H and O–H groups in total. The zero-order chi connectivity index (χ0) is 49.3. The highest BCUT2D eigenvalue weighted by Crippen LogP contribution is 2.15. The van der Waals surface area contributed by atoms with Gasteiger partial charge >= 0.3 is 17.9 Å². The molecule has 0 fully saturated rings. The Balaban J connectivity index is 4.33. The molecule has 1 atom stereocenters. The van der Waals surface area contributed by atoms with E-state index in [1.807, 2.05) is 0 Å². The summed E-state index contributed by atoms with van der Waals surface area (Å²) in [4.78, 5) is 38.1. The van der Waals surface area contributed by atoms with Crippen LogP contribution in [0.4, 0.5) is 0 Å². The van der Waals surface area contributed by atoms with Gasteiger partial charge in [0.2, 0.25) is 0 Å². The summed E-state index contributed by atoms with van der Waals surface area (Å²) in [5, 5.41) is 0. The molecule has 0 radical (unpaired) electrons. The van der Waals surface area contributed by atoms with Gasteiger partial charge in [0.05, 0.1) is 0 Å². The molecule has 6 nitrogen and oxygen atoms in total. The molecule has 0 amide bonds. The Hall–Kier alpha value is -3.15. The molecule has 0 aromatic rings. The lowest BCUT2D eigenvalue weighted by Gasteiger charge is -2.18. The van der Waals surface area contributed by atoms with E-state index in [1.54, 1.807) is 0 Å². The monoisotopic (exact) mass is 949 g/mol. The van der Waals surface area contributed by atoms with Gasteiger partial charge in [0.25, 0.3) is 0 Å². The second kappa shape index (κ2) is 56.4. The van der Waals surface area contributed by atoms with E-state index in [4.69, 9.17) is 14.2 Å². The Bertz CT molecular complexity index is 1270. The summed E-state index contributed by atoms with van der Waals surface area (Å²) in [6, 6.07) is 0. The molecule has 0 spiro atoms. The molecule has 0 saturated carbocycles. The van der Waals surface area contributed by atoms with Gasteiger partial charge in [0, 0.05) is 19.3 Å². The predicted octanol–water partition coefficient (Wildman–Crippen LogP) is 19.4. The van der Waals surface area contributed by atoms with E-state index in [-0.39, 0.29) is 31.1 Å². The van der Waals surface area contributed by atoms with Crippen LogP contribution in [0.15, 0.2) is 72.9 Å². The molecule has 68 heavy (non-hydrogen) atoms. The maximum Gasteiger partial charge on any atom is 0.306 e. The van der Waals surface area contributed by atoms with Crippen molar-refractivity contribution in [2.75, 3.05) is 13.2 Å². The molecule has 1 unspecified atom stereocenters. The van der Waals surface area contributed by atoms with Crippen LogP contribution in [0.3, 0.4) is 0 Å². The van der Waals surface area contributed by atoms with Crippen molar-refractivity contribution in [3.63, 3.8) is 0 Å². The Morgan fingerprint density at radius 1 is 0.294 bits per heavy atom. The zero-order valence-corrected chi connectivity index (χ0v) is 44.9. The minimum atomic E-state index is -0.787. The van der Waals surface area contributed by atoms with E-state index in [0.717, 1.165) is 103 Å². The third-order valence-electron chi connectivity index (χ3n) is 12.4. The molecule has 0 heterocycles. The number of rotatable bonds is 52. The van der Waals surface area contributed by atoms with Gasteiger partial charge in [-0.25, -0.2) is 0 Å². The molecule has 0 saturated heterocycles. The van der Waals surface area contributed by atoms with E-state index in [2.05, 4.69) is 93.7 Å². The van der Waals surface area contributed by atoms with Crippen molar-refractivity contribution >= 4 is 17.9 Å². The number of carbonyl (C=O) groups is 3. The minimum Gasteiger partial charge on any atom is -0.462 e. The number of carbonyl (C=O) groups excluding carboxylic acids is 3. The number of hydrogen-bond donors (Lipinski definition) is 0. The Kier molecular flexibility index (Phi) is 53.8. The molecule has 0 bridgehead atoms. The van der Waals surface area contributed by atoms with Crippen LogP contribution in [0, 0.1) is 0 Å². The van der Waals surface area contributed by atoms with Crippen LogP contribution in [-0.2, 0) is 28.6 Å². The van der Waals surface area contributed by atoms with E-state index in [9.17, 15) is 14.4 Å². The number of allylic oxidation sites excluding steroid dienone is 12. The van der Waals surface area contributed by atoms with Crippen LogP contribution in [0.25, 0.3) is 0 Å². The number of esters is 3. The van der Waals surface area contributed by atoms with Gasteiger partial charge in [-0.3, -0.25) is 14.4 Å². The lowest BCUT2D eigenvalue weighted by Crippen LogP contribution is -2.30. The highest BCUT2D eigenvalue weighted by Gasteiger charge is 2.19. The topological polar surface area (TPSA) is 78.9 Å². The summed E-state index contributed by atoms with van der Waals surface area (Å²) in [7, 11) is 0. The molecule has 6 heteroatoms. The largest absolute Gasteiger partial charge is 0.462 e. The standard InChI is InChI=1S/C62H108O6/c1-4-7-10-13-16-19-22-24-26-28-30-31-33-34-36-38-40-43-46-49-52-55-61(64)67-58-59(57-66-60(63)54-51-48-45-42-21-18-15-12-9-6-3)68-62(65)56-53-50-47-44-41-39-37-35-32-29-27-25-23-20-17-14-11-8-5-2/h12,15,17,20,22,24-25,27-28,30,32,35,59H,4-11,13-14,16,18-19,21,23,26,29,31,33-34,36-58H2,1-3H3/b15-12-,20-17-,24-22-,27-25-,30-28-,35-32-. The third-order valence-corrected chi connectivity index (χ3v) is 12.4. The Labute approximate surface area is 421 Å². The van der Waals surface area contributed by atoms with Crippen molar-refractivity contribution in [2.24, 2.45) is 0 Å². The van der Waals surface area contributed by atoms with Crippen LogP contribution in [-0.4, -0.2) is 37.2 Å². The first-order valence-electron chi connectivity index (χ1n) is 28.9. The van der Waals surface area contributed by atoms with Crippen LogP contribution < -0.4 is 0 Å². The third kappa shape index (κ3) is 53.8. The summed E-state index contributed by atoms with van der Waals surface area (Å²) in [6.45, 7) is 6.53. The Morgan fingerprint density at radius 2 is 0.559 bits per heavy atom. The predicted molar refractivity (Wildman–Crippen MR) is 293 cm³/mol. The van der Waals surface area contributed by atoms with Gasteiger partial charge in [-0.05, 0) is 109 Å².